The first-order chi connectivity index (χ1) is 9.62. The van der Waals surface area contributed by atoms with Gasteiger partial charge in [-0.1, -0.05) is 60.7 Å². The van der Waals surface area contributed by atoms with Crippen molar-refractivity contribution in [1.82, 2.24) is 4.72 Å². The molecule has 0 aliphatic heterocycles. The number of hydrogen-bond acceptors (Lipinski definition) is 3. The van der Waals surface area contributed by atoms with Crippen LogP contribution in [-0.2, 0) is 10.0 Å². The van der Waals surface area contributed by atoms with Crippen LogP contribution < -0.4 is 4.72 Å². The Bertz CT molecular complexity index is 587. The van der Waals surface area contributed by atoms with Gasteiger partial charge in [0.25, 0.3) is 0 Å². The minimum atomic E-state index is -3.53. The number of benzene rings is 2. The van der Waals surface area contributed by atoms with Gasteiger partial charge in [0, 0.05) is 0 Å². The molecule has 0 amide bonds. The first-order valence-corrected chi connectivity index (χ1v) is 7.98. The molecule has 2 aromatic carbocycles. The van der Waals surface area contributed by atoms with Gasteiger partial charge in [-0.25, -0.2) is 13.1 Å². The predicted molar refractivity (Wildman–Crippen MR) is 78.7 cm³/mol. The van der Waals surface area contributed by atoms with Gasteiger partial charge in [0.15, 0.2) is 0 Å². The van der Waals surface area contributed by atoms with Crippen LogP contribution in [0.15, 0.2) is 60.7 Å². The monoisotopic (exact) mass is 291 g/mol. The van der Waals surface area contributed by atoms with E-state index in [9.17, 15) is 8.42 Å². The summed E-state index contributed by atoms with van der Waals surface area (Å²) < 4.78 is 26.5. The SMILES string of the molecule is O=S(=O)(CCO)NC(c1ccccc1)c1ccccc1. The average Bonchev–Trinajstić information content (AvgIpc) is 2.47. The molecule has 0 saturated carbocycles. The van der Waals surface area contributed by atoms with Gasteiger partial charge in [0.2, 0.25) is 10.0 Å². The first-order valence-electron chi connectivity index (χ1n) is 6.33. The molecular formula is C15H17NO3S. The zero-order valence-corrected chi connectivity index (χ0v) is 11.8. The molecule has 0 fully saturated rings. The van der Waals surface area contributed by atoms with E-state index in [2.05, 4.69) is 4.72 Å². The second-order valence-electron chi connectivity index (χ2n) is 4.41. The van der Waals surface area contributed by atoms with E-state index in [0.717, 1.165) is 11.1 Å². The summed E-state index contributed by atoms with van der Waals surface area (Å²) in [6.45, 7) is -0.397. The Labute approximate surface area is 119 Å². The van der Waals surface area contributed by atoms with Crippen molar-refractivity contribution in [2.75, 3.05) is 12.4 Å². The minimum absolute atomic E-state index is 0.302. The second kappa shape index (κ2) is 6.65. The third kappa shape index (κ3) is 3.90. The molecule has 20 heavy (non-hydrogen) atoms. The molecule has 0 aliphatic rings. The highest BCUT2D eigenvalue weighted by Crippen LogP contribution is 2.22. The van der Waals surface area contributed by atoms with Crippen LogP contribution >= 0.6 is 0 Å². The van der Waals surface area contributed by atoms with E-state index in [1.54, 1.807) is 0 Å². The maximum absolute atomic E-state index is 11.9. The molecule has 0 bridgehead atoms. The van der Waals surface area contributed by atoms with Crippen LogP contribution in [0.5, 0.6) is 0 Å². The topological polar surface area (TPSA) is 66.4 Å². The van der Waals surface area contributed by atoms with Crippen molar-refractivity contribution in [2.45, 2.75) is 6.04 Å². The Morgan fingerprint density at radius 2 is 1.35 bits per heavy atom. The van der Waals surface area contributed by atoms with E-state index in [1.807, 2.05) is 60.7 Å². The summed E-state index contributed by atoms with van der Waals surface area (Å²) in [6.07, 6.45) is 0. The molecule has 0 atom stereocenters. The fraction of sp³-hybridized carbons (Fsp3) is 0.200. The highest BCUT2D eigenvalue weighted by Gasteiger charge is 2.20. The van der Waals surface area contributed by atoms with Crippen molar-refractivity contribution in [2.24, 2.45) is 0 Å². The first kappa shape index (κ1) is 14.7. The molecule has 4 nitrogen and oxygen atoms in total. The van der Waals surface area contributed by atoms with Crippen LogP contribution in [0.1, 0.15) is 17.2 Å². The molecule has 2 rings (SSSR count). The van der Waals surface area contributed by atoms with Crippen LogP contribution in [0, 0.1) is 0 Å². The number of nitrogens with one attached hydrogen (secondary N) is 1. The van der Waals surface area contributed by atoms with Crippen LogP contribution in [0.4, 0.5) is 0 Å². The molecule has 0 unspecified atom stereocenters. The van der Waals surface area contributed by atoms with E-state index in [0.29, 0.717) is 0 Å². The van der Waals surface area contributed by atoms with E-state index in [-0.39, 0.29) is 5.75 Å². The van der Waals surface area contributed by atoms with Crippen molar-refractivity contribution >= 4 is 10.0 Å². The van der Waals surface area contributed by atoms with Crippen LogP contribution in [-0.4, -0.2) is 25.9 Å². The van der Waals surface area contributed by atoms with Gasteiger partial charge in [-0.05, 0) is 11.1 Å². The third-order valence-corrected chi connectivity index (χ3v) is 4.24. The van der Waals surface area contributed by atoms with Crippen LogP contribution in [0.25, 0.3) is 0 Å². The summed E-state index contributed by atoms with van der Waals surface area (Å²) in [5, 5.41) is 8.84. The van der Waals surface area contributed by atoms with Crippen LogP contribution in [0.2, 0.25) is 0 Å². The van der Waals surface area contributed by atoms with Gasteiger partial charge in [-0.3, -0.25) is 0 Å². The summed E-state index contributed by atoms with van der Waals surface area (Å²) in [6, 6.07) is 18.3. The molecule has 0 saturated heterocycles. The fourth-order valence-electron chi connectivity index (χ4n) is 1.98. The lowest BCUT2D eigenvalue weighted by Gasteiger charge is -2.19. The zero-order chi connectivity index (χ0) is 14.4. The standard InChI is InChI=1S/C15H17NO3S/c17-11-12-20(18,19)16-15(13-7-3-1-4-8-13)14-9-5-2-6-10-14/h1-10,15-17H,11-12H2. The molecule has 0 heterocycles. The number of hydrogen-bond donors (Lipinski definition) is 2. The lowest BCUT2D eigenvalue weighted by Crippen LogP contribution is -2.32. The highest BCUT2D eigenvalue weighted by molar-refractivity contribution is 7.89. The third-order valence-electron chi connectivity index (χ3n) is 2.92. The smallest absolute Gasteiger partial charge is 0.214 e. The van der Waals surface area contributed by atoms with Crippen molar-refractivity contribution in [1.29, 1.82) is 0 Å². The van der Waals surface area contributed by atoms with Crippen LogP contribution in [0.3, 0.4) is 0 Å². The van der Waals surface area contributed by atoms with Crippen molar-refractivity contribution < 1.29 is 13.5 Å². The lowest BCUT2D eigenvalue weighted by atomic mass is 10.00. The quantitative estimate of drug-likeness (QED) is 0.851. The Morgan fingerprint density at radius 1 is 0.900 bits per heavy atom. The van der Waals surface area contributed by atoms with Crippen molar-refractivity contribution in [3.63, 3.8) is 0 Å². The second-order valence-corrected chi connectivity index (χ2v) is 6.29. The number of rotatable bonds is 6. The van der Waals surface area contributed by atoms with Crippen molar-refractivity contribution in [3.05, 3.63) is 71.8 Å². The molecule has 0 aromatic heterocycles. The molecule has 0 aliphatic carbocycles. The number of aliphatic hydroxyl groups excluding tert-OH is 1. The molecule has 0 spiro atoms. The van der Waals surface area contributed by atoms with Gasteiger partial charge < -0.3 is 5.11 Å². The predicted octanol–water partition coefficient (Wildman–Crippen LogP) is 1.69. The summed E-state index contributed by atoms with van der Waals surface area (Å²) in [5.41, 5.74) is 1.72. The normalized spacial score (nSPS) is 11.7. The summed E-state index contributed by atoms with van der Waals surface area (Å²) >= 11 is 0. The molecule has 2 N–H and O–H groups in total. The number of sulfonamides is 1. The van der Waals surface area contributed by atoms with Gasteiger partial charge in [-0.2, -0.15) is 0 Å². The average molecular weight is 291 g/mol. The van der Waals surface area contributed by atoms with Crippen molar-refractivity contribution in [3.8, 4) is 0 Å². The Morgan fingerprint density at radius 3 is 1.75 bits per heavy atom. The maximum atomic E-state index is 11.9. The fourth-order valence-corrected chi connectivity index (χ4v) is 2.97. The zero-order valence-electron chi connectivity index (χ0n) is 10.9. The maximum Gasteiger partial charge on any atom is 0.214 e. The molecule has 5 heteroatoms. The van der Waals surface area contributed by atoms with E-state index >= 15 is 0 Å². The van der Waals surface area contributed by atoms with E-state index in [1.165, 1.54) is 0 Å². The lowest BCUT2D eigenvalue weighted by molar-refractivity contribution is 0.319. The van der Waals surface area contributed by atoms with Gasteiger partial charge in [0.05, 0.1) is 18.4 Å². The van der Waals surface area contributed by atoms with Gasteiger partial charge in [0.1, 0.15) is 0 Å². The largest absolute Gasteiger partial charge is 0.395 e. The molecule has 0 radical (unpaired) electrons. The minimum Gasteiger partial charge on any atom is -0.395 e. The molecular weight excluding hydrogens is 274 g/mol. The summed E-state index contributed by atoms with van der Waals surface area (Å²) in [5.74, 6) is -0.302. The van der Waals surface area contributed by atoms with E-state index < -0.39 is 22.7 Å². The Hall–Kier alpha value is -1.69. The summed E-state index contributed by atoms with van der Waals surface area (Å²) in [7, 11) is -3.53. The Balaban J connectivity index is 2.36. The number of aliphatic hydroxyl groups is 1. The van der Waals surface area contributed by atoms with Gasteiger partial charge in [-0.15, -0.1) is 0 Å². The summed E-state index contributed by atoms with van der Waals surface area (Å²) in [4.78, 5) is 0. The molecule has 106 valence electrons. The Kier molecular flexibility index (Phi) is 4.89. The molecule has 2 aromatic rings. The van der Waals surface area contributed by atoms with E-state index in [4.69, 9.17) is 5.11 Å². The highest BCUT2D eigenvalue weighted by atomic mass is 32.2. The van der Waals surface area contributed by atoms with Gasteiger partial charge >= 0.3 is 0 Å².